The summed E-state index contributed by atoms with van der Waals surface area (Å²) in [5.41, 5.74) is 0.0778. The number of nitrogens with one attached hydrogen (secondary N) is 3. The van der Waals surface area contributed by atoms with E-state index in [0.29, 0.717) is 0 Å². The molecule has 0 radical (unpaired) electrons. The standard InChI is InChI=1S/C23H20F5N3O7/c1-10(29-22(36)23(37)30-12-4-2-11(24)3-5-12)21(35)31-15(6-7-17(33)34)16(32)9-38-20-18(27)13(25)8-14(26)19(20)28/h2-5,8,10,15H,6-7,9H2,1H3,(H,29,36)(H,30,37)(H,31,35)(H,33,34)/t10-,15-/m0/s1. The second kappa shape index (κ2) is 13.1. The fourth-order valence-electron chi connectivity index (χ4n) is 2.85. The first-order valence-electron chi connectivity index (χ1n) is 10.7. The fraction of sp³-hybridized carbons (Fsp3) is 0.261. The first kappa shape index (κ1) is 29.7. The summed E-state index contributed by atoms with van der Waals surface area (Å²) in [5, 5.41) is 15.2. The number of carboxylic acids is 1. The van der Waals surface area contributed by atoms with Gasteiger partial charge in [-0.3, -0.25) is 24.0 Å². The van der Waals surface area contributed by atoms with Crippen molar-refractivity contribution in [3.8, 4) is 5.75 Å². The van der Waals surface area contributed by atoms with E-state index in [9.17, 15) is 45.9 Å². The van der Waals surface area contributed by atoms with Crippen molar-refractivity contribution < 1.29 is 55.8 Å². The summed E-state index contributed by atoms with van der Waals surface area (Å²) in [6.07, 6.45) is -1.19. The number of ketones is 1. The Kier molecular flexibility index (Phi) is 10.2. The van der Waals surface area contributed by atoms with Crippen molar-refractivity contribution in [2.24, 2.45) is 0 Å². The lowest BCUT2D eigenvalue weighted by Gasteiger charge is -2.20. The third-order valence-electron chi connectivity index (χ3n) is 4.83. The van der Waals surface area contributed by atoms with Crippen molar-refractivity contribution in [3.63, 3.8) is 0 Å². The van der Waals surface area contributed by atoms with Gasteiger partial charge in [-0.2, -0.15) is 8.78 Å². The minimum Gasteiger partial charge on any atom is -0.481 e. The lowest BCUT2D eigenvalue weighted by Crippen LogP contribution is -2.52. The molecule has 0 unspecified atom stereocenters. The summed E-state index contributed by atoms with van der Waals surface area (Å²) in [6.45, 7) is -0.101. The van der Waals surface area contributed by atoms with Gasteiger partial charge in [-0.1, -0.05) is 0 Å². The number of benzene rings is 2. The Labute approximate surface area is 211 Å². The van der Waals surface area contributed by atoms with Crippen LogP contribution in [0.2, 0.25) is 0 Å². The topological polar surface area (TPSA) is 151 Å². The van der Waals surface area contributed by atoms with E-state index in [-0.39, 0.29) is 11.8 Å². The highest BCUT2D eigenvalue weighted by molar-refractivity contribution is 6.40. The van der Waals surface area contributed by atoms with Crippen LogP contribution in [-0.2, 0) is 24.0 Å². The number of carbonyl (C=O) groups excluding carboxylic acids is 4. The quantitative estimate of drug-likeness (QED) is 0.191. The zero-order valence-corrected chi connectivity index (χ0v) is 19.4. The van der Waals surface area contributed by atoms with E-state index in [0.717, 1.165) is 19.1 Å². The van der Waals surface area contributed by atoms with Crippen LogP contribution in [-0.4, -0.2) is 53.3 Å². The number of carbonyl (C=O) groups is 5. The minimum absolute atomic E-state index is 0.0778. The Morgan fingerprint density at radius 2 is 1.47 bits per heavy atom. The van der Waals surface area contributed by atoms with Crippen molar-refractivity contribution in [2.45, 2.75) is 31.8 Å². The van der Waals surface area contributed by atoms with E-state index >= 15 is 0 Å². The Hall–Kier alpha value is -4.56. The van der Waals surface area contributed by atoms with E-state index in [1.807, 2.05) is 5.32 Å². The summed E-state index contributed by atoms with van der Waals surface area (Å²) < 4.78 is 71.7. The molecular weight excluding hydrogens is 525 g/mol. The van der Waals surface area contributed by atoms with Crippen LogP contribution in [0.1, 0.15) is 19.8 Å². The number of aliphatic carboxylic acids is 1. The SMILES string of the molecule is C[C@H](NC(=O)C(=O)Nc1ccc(F)cc1)C(=O)N[C@@H](CCC(=O)O)C(=O)COc1c(F)c(F)cc(F)c1F. The molecule has 2 atom stereocenters. The van der Waals surface area contributed by atoms with Crippen molar-refractivity contribution in [3.05, 3.63) is 59.4 Å². The van der Waals surface area contributed by atoms with Gasteiger partial charge in [0, 0.05) is 18.2 Å². The van der Waals surface area contributed by atoms with Crippen LogP contribution >= 0.6 is 0 Å². The zero-order chi connectivity index (χ0) is 28.6. The molecule has 0 aliphatic rings. The van der Waals surface area contributed by atoms with Crippen LogP contribution in [0, 0.1) is 29.1 Å². The van der Waals surface area contributed by atoms with Crippen molar-refractivity contribution >= 4 is 35.2 Å². The number of ether oxygens (including phenoxy) is 1. The first-order valence-corrected chi connectivity index (χ1v) is 10.7. The second-order valence-corrected chi connectivity index (χ2v) is 7.70. The Morgan fingerprint density at radius 3 is 2.03 bits per heavy atom. The van der Waals surface area contributed by atoms with Gasteiger partial charge < -0.3 is 25.8 Å². The number of rotatable bonds is 11. The normalized spacial score (nSPS) is 12.2. The number of hydrogen-bond donors (Lipinski definition) is 4. The second-order valence-electron chi connectivity index (χ2n) is 7.70. The molecule has 3 amide bonds. The Bertz CT molecular complexity index is 1210. The number of hydrogen-bond acceptors (Lipinski definition) is 6. The lowest BCUT2D eigenvalue weighted by atomic mass is 10.1. The number of Topliss-reactive ketones (excluding diaryl/α,β-unsaturated/α-hetero) is 1. The summed E-state index contributed by atoms with van der Waals surface area (Å²) >= 11 is 0. The van der Waals surface area contributed by atoms with Gasteiger partial charge in [0.2, 0.25) is 17.5 Å². The molecule has 2 rings (SSSR count). The molecule has 2 aromatic carbocycles. The molecular formula is C23H20F5N3O7. The van der Waals surface area contributed by atoms with Crippen LogP contribution in [0.3, 0.4) is 0 Å². The molecule has 0 bridgehead atoms. The number of anilines is 1. The number of amides is 3. The summed E-state index contributed by atoms with van der Waals surface area (Å²) in [4.78, 5) is 59.9. The summed E-state index contributed by atoms with van der Waals surface area (Å²) in [6, 6.07) is 1.24. The van der Waals surface area contributed by atoms with E-state index in [1.54, 1.807) is 0 Å². The van der Waals surface area contributed by atoms with Crippen molar-refractivity contribution in [1.82, 2.24) is 10.6 Å². The van der Waals surface area contributed by atoms with Crippen LogP contribution in [0.25, 0.3) is 0 Å². The molecule has 4 N–H and O–H groups in total. The van der Waals surface area contributed by atoms with Crippen LogP contribution in [0.4, 0.5) is 27.6 Å². The van der Waals surface area contributed by atoms with Crippen LogP contribution in [0.15, 0.2) is 30.3 Å². The van der Waals surface area contributed by atoms with E-state index in [1.165, 1.54) is 12.1 Å². The van der Waals surface area contributed by atoms with Gasteiger partial charge in [-0.05, 0) is 37.6 Å². The predicted molar refractivity (Wildman–Crippen MR) is 118 cm³/mol. The Balaban J connectivity index is 2.03. The summed E-state index contributed by atoms with van der Waals surface area (Å²) in [5.74, 6) is -15.6. The molecule has 10 nitrogen and oxygen atoms in total. The highest BCUT2D eigenvalue weighted by atomic mass is 19.2. The summed E-state index contributed by atoms with van der Waals surface area (Å²) in [7, 11) is 0. The van der Waals surface area contributed by atoms with E-state index in [2.05, 4.69) is 15.4 Å². The maximum absolute atomic E-state index is 13.8. The molecule has 0 aliphatic carbocycles. The maximum atomic E-state index is 13.8. The molecule has 0 aliphatic heterocycles. The van der Waals surface area contributed by atoms with Gasteiger partial charge in [0.05, 0.1) is 6.04 Å². The zero-order valence-electron chi connectivity index (χ0n) is 19.4. The molecule has 2 aromatic rings. The largest absolute Gasteiger partial charge is 0.481 e. The van der Waals surface area contributed by atoms with Gasteiger partial charge in [0.25, 0.3) is 0 Å². The average Bonchev–Trinajstić information content (AvgIpc) is 2.86. The third kappa shape index (κ3) is 8.25. The molecule has 0 heterocycles. The highest BCUT2D eigenvalue weighted by Crippen LogP contribution is 2.26. The molecule has 0 spiro atoms. The van der Waals surface area contributed by atoms with Gasteiger partial charge in [0.15, 0.2) is 23.2 Å². The molecule has 0 saturated heterocycles. The van der Waals surface area contributed by atoms with Crippen molar-refractivity contribution in [1.29, 1.82) is 0 Å². The Morgan fingerprint density at radius 1 is 0.895 bits per heavy atom. The van der Waals surface area contributed by atoms with Crippen LogP contribution in [0.5, 0.6) is 5.75 Å². The smallest absolute Gasteiger partial charge is 0.313 e. The monoisotopic (exact) mass is 545 g/mol. The molecule has 15 heteroatoms. The maximum Gasteiger partial charge on any atom is 0.313 e. The molecule has 0 aromatic heterocycles. The van der Waals surface area contributed by atoms with Gasteiger partial charge in [-0.25, -0.2) is 13.2 Å². The molecule has 38 heavy (non-hydrogen) atoms. The van der Waals surface area contributed by atoms with Crippen molar-refractivity contribution in [2.75, 3.05) is 11.9 Å². The lowest BCUT2D eigenvalue weighted by molar-refractivity contribution is -0.139. The molecule has 0 saturated carbocycles. The minimum atomic E-state index is -1.92. The molecule has 0 fully saturated rings. The van der Waals surface area contributed by atoms with Crippen LogP contribution < -0.4 is 20.7 Å². The molecule has 204 valence electrons. The van der Waals surface area contributed by atoms with E-state index < -0.39 is 95.8 Å². The highest BCUT2D eigenvalue weighted by Gasteiger charge is 2.28. The van der Waals surface area contributed by atoms with Gasteiger partial charge >= 0.3 is 17.8 Å². The van der Waals surface area contributed by atoms with Gasteiger partial charge in [0.1, 0.15) is 18.5 Å². The first-order chi connectivity index (χ1) is 17.8. The van der Waals surface area contributed by atoms with Gasteiger partial charge in [-0.15, -0.1) is 0 Å². The predicted octanol–water partition coefficient (Wildman–Crippen LogP) is 1.82. The number of halogens is 5. The number of carboxylic acid groups (broad SMARTS) is 1. The third-order valence-corrected chi connectivity index (χ3v) is 4.83. The van der Waals surface area contributed by atoms with E-state index in [4.69, 9.17) is 5.11 Å². The fourth-order valence-corrected chi connectivity index (χ4v) is 2.85. The average molecular weight is 545 g/mol.